The molecule has 0 saturated heterocycles. The van der Waals surface area contributed by atoms with E-state index in [1.165, 1.54) is 0 Å². The molecule has 0 aromatic rings. The Kier molecular flexibility index (Phi) is 818000. The summed E-state index contributed by atoms with van der Waals surface area (Å²) >= 11 is 0. The van der Waals surface area contributed by atoms with Gasteiger partial charge in [0.05, 0.1) is 0 Å². The van der Waals surface area contributed by atoms with Crippen LogP contribution in [0.3, 0.4) is 0 Å². The van der Waals surface area contributed by atoms with E-state index in [2.05, 4.69) is 31.1 Å². The maximum atomic E-state index is 8.00. The highest BCUT2D eigenvalue weighted by molar-refractivity contribution is 5.10. The van der Waals surface area contributed by atoms with E-state index in [1.807, 2.05) is 62.2 Å². The molecule has 0 spiro atoms. The predicted molar refractivity (Wildman–Crippen MR) is 88.0 cm³/mol. The Balaban J connectivity index is -0.00000000914. The van der Waals surface area contributed by atoms with Crippen LogP contribution in [0.15, 0.2) is 26.3 Å². The summed E-state index contributed by atoms with van der Waals surface area (Å²) in [5.41, 5.74) is 0. The lowest BCUT2D eigenvalue weighted by atomic mass is 11.0. The lowest BCUT2D eigenvalue weighted by Gasteiger charge is -1.61. The van der Waals surface area contributed by atoms with Crippen LogP contribution in [0.5, 0.6) is 0 Å². The molecule has 0 saturated carbocycles. The molecule has 0 aliphatic heterocycles. The Bertz CT molecular complexity index is 20.1. The van der Waals surface area contributed by atoms with Gasteiger partial charge >= 0.3 is 0 Å². The summed E-state index contributed by atoms with van der Waals surface area (Å²) in [6.07, 6.45) is 0. The Labute approximate surface area is 113 Å². The molecule has 2 nitrogen and oxygen atoms in total. The number of carbonyl (C=O) groups is 1. The minimum Gasteiger partial charge on any atom is -0.388 e. The molecule has 0 aliphatic carbocycles. The van der Waals surface area contributed by atoms with Crippen LogP contribution in [-0.2, 0) is 9.53 Å². The topological polar surface area (TPSA) is 26.3 Å². The van der Waals surface area contributed by atoms with Crippen molar-refractivity contribution in [1.82, 2.24) is 0 Å². The molecule has 0 heterocycles. The van der Waals surface area contributed by atoms with Crippen LogP contribution in [-0.4, -0.2) is 21.0 Å². The lowest BCUT2D eigenvalue weighted by Crippen LogP contribution is -1.55. The molecular weight excluding hydrogens is 212 g/mol. The zero-order valence-electron chi connectivity index (χ0n) is 14.4. The average molecular weight is 252 g/mol. The van der Waals surface area contributed by atoms with E-state index in [0.717, 1.165) is 0 Å². The second kappa shape index (κ2) is 249000. The van der Waals surface area contributed by atoms with Crippen molar-refractivity contribution in [3.8, 4) is 0 Å². The second-order valence-corrected chi connectivity index (χ2v) is 0.408. The van der Waals surface area contributed by atoms with Crippen LogP contribution in [0.4, 0.5) is 0 Å². The molecule has 0 N–H and O–H groups in total. The van der Waals surface area contributed by atoms with Gasteiger partial charge in [-0.3, -0.25) is 0 Å². The van der Waals surface area contributed by atoms with Crippen molar-refractivity contribution in [2.75, 3.05) is 14.2 Å². The highest BCUT2D eigenvalue weighted by Gasteiger charge is 1.25. The molecule has 0 amide bonds. The summed E-state index contributed by atoms with van der Waals surface area (Å²) in [5, 5.41) is 0. The van der Waals surface area contributed by atoms with E-state index in [1.54, 1.807) is 14.2 Å². The minimum atomic E-state index is 1.62. The van der Waals surface area contributed by atoms with Gasteiger partial charge in [0.1, 0.15) is 6.79 Å². The third-order valence-electron chi connectivity index (χ3n) is 0. The van der Waals surface area contributed by atoms with E-state index in [-0.39, 0.29) is 0 Å². The first kappa shape index (κ1) is 55.9. The van der Waals surface area contributed by atoms with E-state index in [0.29, 0.717) is 0 Å². The molecule has 0 fully saturated rings. The summed E-state index contributed by atoms with van der Waals surface area (Å²) in [6.45, 7) is 30.0. The van der Waals surface area contributed by atoms with E-state index < -0.39 is 0 Å². The molecule has 0 atom stereocenters. The maximum absolute atomic E-state index is 8.00. The normalized spacial score (nSPS) is 3.18. The summed E-state index contributed by atoms with van der Waals surface area (Å²) in [6, 6.07) is 0. The molecule has 0 aromatic heterocycles. The van der Waals surface area contributed by atoms with Crippen molar-refractivity contribution in [2.24, 2.45) is 0 Å². The fourth-order valence-corrected chi connectivity index (χ4v) is 0. The fourth-order valence-electron chi connectivity index (χ4n) is 0. The molecule has 112 valence electrons. The Morgan fingerprint density at radius 3 is 0.529 bits per heavy atom. The van der Waals surface area contributed by atoms with Gasteiger partial charge in [-0.2, -0.15) is 0 Å². The SMILES string of the molecule is C=C.C=C.C=O.CC.CC.CC.CC.COC. The van der Waals surface area contributed by atoms with Gasteiger partial charge in [-0.1, -0.05) is 55.4 Å². The van der Waals surface area contributed by atoms with Crippen molar-refractivity contribution in [1.29, 1.82) is 0 Å². The van der Waals surface area contributed by atoms with Gasteiger partial charge in [-0.15, -0.1) is 26.3 Å². The van der Waals surface area contributed by atoms with Gasteiger partial charge in [-0.05, 0) is 0 Å². The van der Waals surface area contributed by atoms with E-state index in [4.69, 9.17) is 4.79 Å². The standard InChI is InChI=1S/C2H6O.4C2H6.2C2H4.CH2O/c1-3-2;7*1-2/h1-2H3;4*1-2H3;2*1-2H2;1H2. The van der Waals surface area contributed by atoms with E-state index in [9.17, 15) is 0 Å². The predicted octanol–water partition coefficient (Wildman–Crippen LogP) is 5.79. The zero-order chi connectivity index (χ0) is 16.7. The monoisotopic (exact) mass is 252 g/mol. The van der Waals surface area contributed by atoms with Crippen LogP contribution in [0, 0.1) is 0 Å². The third kappa shape index (κ3) is 3280. The molecule has 17 heavy (non-hydrogen) atoms. The van der Waals surface area contributed by atoms with Crippen LogP contribution in [0.1, 0.15) is 55.4 Å². The molecule has 2 heteroatoms. The average Bonchev–Trinajstić information content (AvgIpc) is 2.53. The first-order chi connectivity index (χ1) is 8.41. The largest absolute Gasteiger partial charge is 0.388 e. The molecular formula is C15H40O2. The van der Waals surface area contributed by atoms with Gasteiger partial charge in [0.15, 0.2) is 0 Å². The quantitative estimate of drug-likeness (QED) is 0.510. The van der Waals surface area contributed by atoms with Crippen molar-refractivity contribution in [3.05, 3.63) is 26.3 Å². The summed E-state index contributed by atoms with van der Waals surface area (Å²) < 4.78 is 4.25. The van der Waals surface area contributed by atoms with Crippen LogP contribution >= 0.6 is 0 Å². The number of ether oxygens (including phenoxy) is 1. The Morgan fingerprint density at radius 1 is 0.529 bits per heavy atom. The van der Waals surface area contributed by atoms with Gasteiger partial charge in [0.2, 0.25) is 0 Å². The molecule has 0 rings (SSSR count). The minimum absolute atomic E-state index is 1.62. The Morgan fingerprint density at radius 2 is 0.529 bits per heavy atom. The first-order valence-electron chi connectivity index (χ1n) is 6.11. The van der Waals surface area contributed by atoms with Gasteiger partial charge < -0.3 is 9.53 Å². The van der Waals surface area contributed by atoms with Crippen LogP contribution < -0.4 is 0 Å². The molecule has 0 aromatic carbocycles. The molecule has 0 radical (unpaired) electrons. The third-order valence-corrected chi connectivity index (χ3v) is 0. The highest BCUT2D eigenvalue weighted by Crippen LogP contribution is 1.28. The number of carbonyl (C=O) groups excluding carboxylic acids is 1. The zero-order valence-corrected chi connectivity index (χ0v) is 14.4. The van der Waals surface area contributed by atoms with Gasteiger partial charge in [0, 0.05) is 14.2 Å². The summed E-state index contributed by atoms with van der Waals surface area (Å²) in [4.78, 5) is 8.00. The number of hydrogen-bond donors (Lipinski definition) is 0. The van der Waals surface area contributed by atoms with Crippen LogP contribution in [0.25, 0.3) is 0 Å². The van der Waals surface area contributed by atoms with Crippen molar-refractivity contribution < 1.29 is 9.53 Å². The summed E-state index contributed by atoms with van der Waals surface area (Å²) in [5.74, 6) is 0. The van der Waals surface area contributed by atoms with Crippen LogP contribution in [0.2, 0.25) is 0 Å². The molecule has 0 unspecified atom stereocenters. The second-order valence-electron chi connectivity index (χ2n) is 0.408. The van der Waals surface area contributed by atoms with Gasteiger partial charge in [0.25, 0.3) is 0 Å². The summed E-state index contributed by atoms with van der Waals surface area (Å²) in [7, 11) is 3.25. The fraction of sp³-hybridized carbons (Fsp3) is 0.667. The van der Waals surface area contributed by atoms with Crippen molar-refractivity contribution in [3.63, 3.8) is 0 Å². The Hall–Kier alpha value is -0.890. The number of rotatable bonds is 0. The van der Waals surface area contributed by atoms with Gasteiger partial charge in [-0.25, -0.2) is 0 Å². The van der Waals surface area contributed by atoms with Crippen molar-refractivity contribution in [2.45, 2.75) is 55.4 Å². The smallest absolute Gasteiger partial charge is 0.106 e. The molecule has 0 bridgehead atoms. The van der Waals surface area contributed by atoms with Crippen molar-refractivity contribution >= 4 is 6.79 Å². The lowest BCUT2D eigenvalue weighted by molar-refractivity contribution is -0.0979. The number of methoxy groups -OCH3 is 1. The first-order valence-corrected chi connectivity index (χ1v) is 6.11. The number of hydrogen-bond acceptors (Lipinski definition) is 2. The maximum Gasteiger partial charge on any atom is 0.106 e. The highest BCUT2D eigenvalue weighted by atomic mass is 16.4. The van der Waals surface area contributed by atoms with E-state index >= 15 is 0 Å². The molecule has 0 aliphatic rings.